The zero-order valence-corrected chi connectivity index (χ0v) is 12.9. The van der Waals surface area contributed by atoms with E-state index in [2.05, 4.69) is 9.71 Å². The Labute approximate surface area is 127 Å². The molecule has 6 nitrogen and oxygen atoms in total. The summed E-state index contributed by atoms with van der Waals surface area (Å²) >= 11 is 5.97. The lowest BCUT2D eigenvalue weighted by molar-refractivity contribution is 0.0531. The van der Waals surface area contributed by atoms with Crippen LogP contribution in [0.3, 0.4) is 0 Å². The van der Waals surface area contributed by atoms with Crippen LogP contribution in [0.1, 0.15) is 25.7 Å². The van der Waals surface area contributed by atoms with Crippen LogP contribution in [0.4, 0.5) is 0 Å². The smallest absolute Gasteiger partial charge is 0.259 e. The Balaban J connectivity index is 1.91. The van der Waals surface area contributed by atoms with Gasteiger partial charge in [0.25, 0.3) is 10.0 Å². The lowest BCUT2D eigenvalue weighted by Gasteiger charge is -2.22. The topological polar surface area (TPSA) is 83.7 Å². The number of aliphatic hydroxyl groups is 1. The third-order valence-electron chi connectivity index (χ3n) is 3.83. The number of fused-ring (bicyclic) bond motifs is 1. The first-order chi connectivity index (χ1) is 9.91. The van der Waals surface area contributed by atoms with E-state index >= 15 is 0 Å². The molecule has 21 heavy (non-hydrogen) atoms. The largest absolute Gasteiger partial charge is 0.389 e. The van der Waals surface area contributed by atoms with Gasteiger partial charge in [-0.3, -0.25) is 4.40 Å². The Bertz CT molecular complexity index is 766. The highest BCUT2D eigenvalue weighted by molar-refractivity contribution is 7.89. The molecular formula is C13H16ClN3O3S. The Morgan fingerprint density at radius 3 is 2.81 bits per heavy atom. The molecule has 1 saturated carbocycles. The van der Waals surface area contributed by atoms with Gasteiger partial charge in [0.05, 0.1) is 5.60 Å². The van der Waals surface area contributed by atoms with Crippen molar-refractivity contribution >= 4 is 27.3 Å². The van der Waals surface area contributed by atoms with E-state index in [0.29, 0.717) is 18.5 Å². The highest BCUT2D eigenvalue weighted by Gasteiger charge is 2.34. The van der Waals surface area contributed by atoms with Crippen LogP contribution in [-0.4, -0.2) is 35.1 Å². The van der Waals surface area contributed by atoms with E-state index in [4.69, 9.17) is 11.6 Å². The molecule has 0 amide bonds. The van der Waals surface area contributed by atoms with E-state index in [1.165, 1.54) is 4.40 Å². The molecule has 0 unspecified atom stereocenters. The maximum Gasteiger partial charge on any atom is 0.259 e. The SMILES string of the molecule is O=S(=O)(NCC1(O)CCCC1)c1c(Cl)nc2ccccn12. The van der Waals surface area contributed by atoms with Crippen LogP contribution in [0, 0.1) is 0 Å². The van der Waals surface area contributed by atoms with E-state index in [1.54, 1.807) is 24.4 Å². The summed E-state index contributed by atoms with van der Waals surface area (Å²) < 4.78 is 28.8. The van der Waals surface area contributed by atoms with Crippen LogP contribution in [0.5, 0.6) is 0 Å². The molecule has 2 aromatic rings. The third-order valence-corrected chi connectivity index (χ3v) is 5.63. The molecule has 0 aliphatic heterocycles. The summed E-state index contributed by atoms with van der Waals surface area (Å²) in [5.74, 6) is 0. The fourth-order valence-corrected chi connectivity index (χ4v) is 4.45. The van der Waals surface area contributed by atoms with Gasteiger partial charge in [-0.15, -0.1) is 0 Å². The van der Waals surface area contributed by atoms with Gasteiger partial charge in [-0.2, -0.15) is 0 Å². The van der Waals surface area contributed by atoms with E-state index in [-0.39, 0.29) is 16.7 Å². The lowest BCUT2D eigenvalue weighted by atomic mass is 10.0. The summed E-state index contributed by atoms with van der Waals surface area (Å²) in [6.45, 7) is -0.00821. The Hall–Kier alpha value is -1.15. The normalized spacial score (nSPS) is 18.4. The summed E-state index contributed by atoms with van der Waals surface area (Å²) in [4.78, 5) is 4.02. The predicted molar refractivity (Wildman–Crippen MR) is 78.8 cm³/mol. The van der Waals surface area contributed by atoms with Gasteiger partial charge in [-0.05, 0) is 25.0 Å². The molecule has 0 bridgehead atoms. The fourth-order valence-electron chi connectivity index (χ4n) is 2.69. The maximum absolute atomic E-state index is 12.5. The summed E-state index contributed by atoms with van der Waals surface area (Å²) in [6.07, 6.45) is 4.63. The number of hydrogen-bond donors (Lipinski definition) is 2. The molecule has 114 valence electrons. The number of imidazole rings is 1. The summed E-state index contributed by atoms with van der Waals surface area (Å²) in [6, 6.07) is 5.13. The maximum atomic E-state index is 12.5. The first kappa shape index (κ1) is 14.8. The number of hydrogen-bond acceptors (Lipinski definition) is 4. The van der Waals surface area contributed by atoms with Gasteiger partial charge in [-0.25, -0.2) is 18.1 Å². The van der Waals surface area contributed by atoms with Crippen molar-refractivity contribution in [2.75, 3.05) is 6.54 Å². The van der Waals surface area contributed by atoms with Crippen molar-refractivity contribution in [3.05, 3.63) is 29.5 Å². The summed E-state index contributed by atoms with van der Waals surface area (Å²) in [7, 11) is -3.84. The number of aromatic nitrogens is 2. The van der Waals surface area contributed by atoms with Crippen LogP contribution in [0.15, 0.2) is 29.4 Å². The molecule has 3 rings (SSSR count). The second-order valence-electron chi connectivity index (χ2n) is 5.39. The van der Waals surface area contributed by atoms with E-state index in [0.717, 1.165) is 12.8 Å². The van der Waals surface area contributed by atoms with Crippen molar-refractivity contribution in [1.82, 2.24) is 14.1 Å². The second-order valence-corrected chi connectivity index (χ2v) is 7.43. The Morgan fingerprint density at radius 2 is 2.10 bits per heavy atom. The number of nitrogens with zero attached hydrogens (tertiary/aromatic N) is 2. The average molecular weight is 330 g/mol. The zero-order chi connectivity index (χ0) is 15.1. The van der Waals surface area contributed by atoms with Crippen molar-refractivity contribution in [2.24, 2.45) is 0 Å². The average Bonchev–Trinajstić information content (AvgIpc) is 3.00. The summed E-state index contributed by atoms with van der Waals surface area (Å²) in [5.41, 5.74) is -0.498. The van der Waals surface area contributed by atoms with Crippen LogP contribution >= 0.6 is 11.6 Å². The molecule has 1 fully saturated rings. The van der Waals surface area contributed by atoms with Gasteiger partial charge in [0.2, 0.25) is 0 Å². The van der Waals surface area contributed by atoms with Crippen molar-refractivity contribution < 1.29 is 13.5 Å². The number of nitrogens with one attached hydrogen (secondary N) is 1. The molecule has 0 radical (unpaired) electrons. The quantitative estimate of drug-likeness (QED) is 0.892. The lowest BCUT2D eigenvalue weighted by Crippen LogP contribution is -2.41. The van der Waals surface area contributed by atoms with Gasteiger partial charge < -0.3 is 5.11 Å². The summed E-state index contributed by atoms with van der Waals surface area (Å²) in [5, 5.41) is 10.1. The van der Waals surface area contributed by atoms with Gasteiger partial charge >= 0.3 is 0 Å². The van der Waals surface area contributed by atoms with E-state index < -0.39 is 15.6 Å². The minimum atomic E-state index is -3.84. The number of sulfonamides is 1. The second kappa shape index (κ2) is 5.24. The molecule has 0 saturated heterocycles. The van der Waals surface area contributed by atoms with Crippen LogP contribution in [-0.2, 0) is 10.0 Å². The molecule has 2 N–H and O–H groups in total. The fraction of sp³-hybridized carbons (Fsp3) is 0.462. The van der Waals surface area contributed by atoms with Crippen LogP contribution in [0.2, 0.25) is 5.15 Å². The monoisotopic (exact) mass is 329 g/mol. The molecule has 2 heterocycles. The van der Waals surface area contributed by atoms with Gasteiger partial charge in [-0.1, -0.05) is 30.5 Å². The van der Waals surface area contributed by atoms with Crippen molar-refractivity contribution in [1.29, 1.82) is 0 Å². The molecule has 1 aliphatic rings. The van der Waals surface area contributed by atoms with Crippen LogP contribution in [0.25, 0.3) is 5.65 Å². The van der Waals surface area contributed by atoms with Crippen LogP contribution < -0.4 is 4.72 Å². The van der Waals surface area contributed by atoms with Gasteiger partial charge in [0, 0.05) is 12.7 Å². The number of halogens is 1. The molecule has 0 atom stereocenters. The molecular weight excluding hydrogens is 314 g/mol. The standard InChI is InChI=1S/C13H16ClN3O3S/c14-11-12(17-8-4-1-5-10(17)16-11)21(19,20)15-9-13(18)6-2-3-7-13/h1,4-5,8,15,18H,2-3,6-7,9H2. The van der Waals surface area contributed by atoms with Crippen molar-refractivity contribution in [3.8, 4) is 0 Å². The first-order valence-electron chi connectivity index (χ1n) is 6.76. The van der Waals surface area contributed by atoms with E-state index in [1.807, 2.05) is 0 Å². The number of pyridine rings is 1. The Kier molecular flexibility index (Phi) is 3.69. The molecule has 0 spiro atoms. The molecule has 0 aromatic carbocycles. The van der Waals surface area contributed by atoms with Crippen molar-refractivity contribution in [3.63, 3.8) is 0 Å². The van der Waals surface area contributed by atoms with Crippen molar-refractivity contribution in [2.45, 2.75) is 36.3 Å². The molecule has 1 aliphatic carbocycles. The van der Waals surface area contributed by atoms with E-state index in [9.17, 15) is 13.5 Å². The van der Waals surface area contributed by atoms with Gasteiger partial charge in [0.15, 0.2) is 10.2 Å². The first-order valence-corrected chi connectivity index (χ1v) is 8.62. The van der Waals surface area contributed by atoms with Gasteiger partial charge in [0.1, 0.15) is 5.65 Å². The Morgan fingerprint density at radius 1 is 1.38 bits per heavy atom. The molecule has 8 heteroatoms. The predicted octanol–water partition coefficient (Wildman–Crippen LogP) is 1.57. The third kappa shape index (κ3) is 2.78. The highest BCUT2D eigenvalue weighted by atomic mass is 35.5. The minimum absolute atomic E-state index is 0.00821. The number of rotatable bonds is 4. The zero-order valence-electron chi connectivity index (χ0n) is 11.3. The minimum Gasteiger partial charge on any atom is -0.389 e. The molecule has 2 aromatic heterocycles. The highest BCUT2D eigenvalue weighted by Crippen LogP contribution is 2.29.